The Morgan fingerprint density at radius 3 is 1.81 bits per heavy atom. The van der Waals surface area contributed by atoms with E-state index < -0.39 is 0 Å². The third-order valence-electron chi connectivity index (χ3n) is 10.0. The molecule has 0 radical (unpaired) electrons. The van der Waals surface area contributed by atoms with Crippen molar-refractivity contribution in [3.63, 3.8) is 0 Å². The first-order valence-corrected chi connectivity index (χ1v) is 16.6. The molecule has 0 aliphatic heterocycles. The van der Waals surface area contributed by atoms with Gasteiger partial charge in [-0.3, -0.25) is 0 Å². The molecule has 0 fully saturated rings. The van der Waals surface area contributed by atoms with E-state index in [1.165, 1.54) is 71.1 Å². The predicted molar refractivity (Wildman–Crippen MR) is 202 cm³/mol. The molecule has 2 aromatic heterocycles. The van der Waals surface area contributed by atoms with Gasteiger partial charge in [-0.05, 0) is 82.4 Å². The highest BCUT2D eigenvalue weighted by molar-refractivity contribution is 6.23. The first kappa shape index (κ1) is 26.9. The molecular formula is C46H30N2. The van der Waals surface area contributed by atoms with Gasteiger partial charge in [0.2, 0.25) is 0 Å². The molecule has 9 aromatic rings. The van der Waals surface area contributed by atoms with Crippen molar-refractivity contribution >= 4 is 54.4 Å². The molecule has 224 valence electrons. The smallest absolute Gasteiger partial charge is 0.0788 e. The van der Waals surface area contributed by atoms with E-state index in [1.807, 2.05) is 0 Å². The van der Waals surface area contributed by atoms with Crippen LogP contribution in [0.2, 0.25) is 0 Å². The lowest BCUT2D eigenvalue weighted by atomic mass is 9.91. The third kappa shape index (κ3) is 4.08. The van der Waals surface area contributed by atoms with Crippen LogP contribution in [0.1, 0.15) is 17.9 Å². The minimum absolute atomic E-state index is 0.242. The molecule has 7 aromatic carbocycles. The molecule has 0 N–H and O–H groups in total. The fourth-order valence-electron chi connectivity index (χ4n) is 7.82. The van der Waals surface area contributed by atoms with Crippen molar-refractivity contribution in [3.05, 3.63) is 181 Å². The highest BCUT2D eigenvalue weighted by atomic mass is 15.0. The standard InChI is InChI=1S/C46H30N2/c1-3-13-31(14-4-1)35-27-36(32-15-5-2-6-16-32)30-38(29-35)48-44-22-12-10-20-40(44)42-26-25-41-39-19-9-11-21-43(39)47(45(41)46(42)48)37-24-23-33-17-7-8-18-34(33)28-37/h1,3-5,7-14,16-30,32H,15H2. The van der Waals surface area contributed by atoms with E-state index in [1.54, 1.807) is 0 Å². The van der Waals surface area contributed by atoms with Gasteiger partial charge in [0.1, 0.15) is 0 Å². The average molecular weight is 611 g/mol. The van der Waals surface area contributed by atoms with Gasteiger partial charge in [0.05, 0.1) is 22.1 Å². The van der Waals surface area contributed by atoms with Gasteiger partial charge in [0, 0.05) is 38.8 Å². The van der Waals surface area contributed by atoms with Crippen LogP contribution in [0.4, 0.5) is 0 Å². The number of allylic oxidation sites excluding steroid dienone is 2. The van der Waals surface area contributed by atoms with Gasteiger partial charge >= 0.3 is 0 Å². The molecule has 0 spiro atoms. The third-order valence-corrected chi connectivity index (χ3v) is 10.0. The second kappa shape index (κ2) is 10.6. The first-order chi connectivity index (χ1) is 23.8. The number of hydrogen-bond acceptors (Lipinski definition) is 0. The maximum atomic E-state index is 3.24. The molecule has 0 bridgehead atoms. The van der Waals surface area contributed by atoms with Gasteiger partial charge in [0.25, 0.3) is 0 Å². The number of fused-ring (bicyclic) bond motifs is 8. The van der Waals surface area contributed by atoms with Crippen molar-refractivity contribution < 1.29 is 0 Å². The predicted octanol–water partition coefficient (Wildman–Crippen LogP) is 12.1. The Balaban J connectivity index is 1.37. The summed E-state index contributed by atoms with van der Waals surface area (Å²) in [6, 6.07) is 55.7. The Morgan fingerprint density at radius 1 is 0.458 bits per heavy atom. The van der Waals surface area contributed by atoms with Crippen molar-refractivity contribution in [3.8, 4) is 22.5 Å². The lowest BCUT2D eigenvalue weighted by molar-refractivity contribution is 0.858. The topological polar surface area (TPSA) is 9.86 Å². The van der Waals surface area contributed by atoms with Crippen LogP contribution in [0.15, 0.2) is 175 Å². The number of benzene rings is 7. The van der Waals surface area contributed by atoms with E-state index in [2.05, 4.69) is 184 Å². The van der Waals surface area contributed by atoms with Gasteiger partial charge in [-0.15, -0.1) is 0 Å². The van der Waals surface area contributed by atoms with Crippen LogP contribution in [0.25, 0.3) is 76.9 Å². The van der Waals surface area contributed by atoms with Gasteiger partial charge in [0.15, 0.2) is 0 Å². The van der Waals surface area contributed by atoms with Crippen LogP contribution in [0.3, 0.4) is 0 Å². The minimum atomic E-state index is 0.242. The number of rotatable bonds is 4. The Hall–Kier alpha value is -6.30. The van der Waals surface area contributed by atoms with Crippen molar-refractivity contribution in [2.45, 2.75) is 12.3 Å². The van der Waals surface area contributed by atoms with Crippen LogP contribution in [-0.4, -0.2) is 9.13 Å². The molecule has 1 aliphatic carbocycles. The van der Waals surface area contributed by atoms with E-state index >= 15 is 0 Å². The fraction of sp³-hybridized carbons (Fsp3) is 0.0435. The number of hydrogen-bond donors (Lipinski definition) is 0. The fourth-order valence-corrected chi connectivity index (χ4v) is 7.82. The highest BCUT2D eigenvalue weighted by Gasteiger charge is 2.22. The molecule has 1 unspecified atom stereocenters. The lowest BCUT2D eigenvalue weighted by Crippen LogP contribution is -2.02. The molecule has 2 heterocycles. The van der Waals surface area contributed by atoms with Crippen LogP contribution in [-0.2, 0) is 0 Å². The van der Waals surface area contributed by atoms with Crippen LogP contribution in [0, 0.1) is 0 Å². The number of aromatic nitrogens is 2. The molecule has 0 saturated carbocycles. The van der Waals surface area contributed by atoms with Crippen molar-refractivity contribution in [2.24, 2.45) is 0 Å². The molecule has 2 nitrogen and oxygen atoms in total. The molecular weight excluding hydrogens is 581 g/mol. The van der Waals surface area contributed by atoms with Crippen LogP contribution < -0.4 is 0 Å². The Morgan fingerprint density at radius 2 is 1.10 bits per heavy atom. The minimum Gasteiger partial charge on any atom is -0.307 e. The summed E-state index contributed by atoms with van der Waals surface area (Å²) in [6.07, 6.45) is 5.18. The zero-order valence-electron chi connectivity index (χ0n) is 26.3. The Bertz CT molecular complexity index is 2830. The highest BCUT2D eigenvalue weighted by Crippen LogP contribution is 2.43. The average Bonchev–Trinajstić information content (AvgIpc) is 3.68. The van der Waals surface area contributed by atoms with E-state index in [0.717, 1.165) is 17.8 Å². The van der Waals surface area contributed by atoms with Crippen molar-refractivity contribution in [2.75, 3.05) is 0 Å². The summed E-state index contributed by atoms with van der Waals surface area (Å²) < 4.78 is 4.99. The van der Waals surface area contributed by atoms with Crippen molar-refractivity contribution in [1.82, 2.24) is 9.13 Å². The van der Waals surface area contributed by atoms with Gasteiger partial charge in [-0.2, -0.15) is 0 Å². The van der Waals surface area contributed by atoms with E-state index in [4.69, 9.17) is 0 Å². The van der Waals surface area contributed by atoms with E-state index in [0.29, 0.717) is 0 Å². The van der Waals surface area contributed by atoms with Gasteiger partial charge < -0.3 is 9.13 Å². The second-order valence-corrected chi connectivity index (χ2v) is 12.8. The first-order valence-electron chi connectivity index (χ1n) is 16.6. The number of nitrogens with zero attached hydrogens (tertiary/aromatic N) is 2. The number of para-hydroxylation sites is 2. The molecule has 1 atom stereocenters. The molecule has 0 saturated heterocycles. The van der Waals surface area contributed by atoms with Crippen molar-refractivity contribution in [1.29, 1.82) is 0 Å². The normalized spacial score (nSPS) is 14.3. The van der Waals surface area contributed by atoms with Gasteiger partial charge in [-0.25, -0.2) is 0 Å². The van der Waals surface area contributed by atoms with E-state index in [-0.39, 0.29) is 5.92 Å². The quantitative estimate of drug-likeness (QED) is 0.175. The maximum Gasteiger partial charge on any atom is 0.0788 e. The Labute approximate surface area is 278 Å². The largest absolute Gasteiger partial charge is 0.307 e. The summed E-state index contributed by atoms with van der Waals surface area (Å²) in [7, 11) is 0. The SMILES string of the molecule is C1=C=CC(c2cc(-c3ccccc3)cc(-n3c4ccccc4c4ccc5c6ccccc6n(-c6ccc7ccccc7c6)c5c43)c2)CC=1. The van der Waals surface area contributed by atoms with Crippen LogP contribution >= 0.6 is 0 Å². The second-order valence-electron chi connectivity index (χ2n) is 12.8. The maximum absolute atomic E-state index is 3.24. The summed E-state index contributed by atoms with van der Waals surface area (Å²) >= 11 is 0. The summed E-state index contributed by atoms with van der Waals surface area (Å²) in [5.74, 6) is 0.242. The van der Waals surface area contributed by atoms with E-state index in [9.17, 15) is 0 Å². The summed E-state index contributed by atoms with van der Waals surface area (Å²) in [5.41, 5.74) is 17.3. The zero-order valence-corrected chi connectivity index (χ0v) is 26.3. The summed E-state index contributed by atoms with van der Waals surface area (Å²) in [4.78, 5) is 0. The zero-order chi connectivity index (χ0) is 31.6. The monoisotopic (exact) mass is 610 g/mol. The molecule has 2 heteroatoms. The summed E-state index contributed by atoms with van der Waals surface area (Å²) in [5, 5.41) is 7.48. The molecule has 1 aliphatic rings. The Kier molecular flexibility index (Phi) is 5.95. The molecule has 10 rings (SSSR count). The summed E-state index contributed by atoms with van der Waals surface area (Å²) in [6.45, 7) is 0. The molecule has 0 amide bonds. The van der Waals surface area contributed by atoms with Crippen LogP contribution in [0.5, 0.6) is 0 Å². The lowest BCUT2D eigenvalue weighted by Gasteiger charge is -2.18. The van der Waals surface area contributed by atoms with Gasteiger partial charge in [-0.1, -0.05) is 127 Å². The molecule has 48 heavy (non-hydrogen) atoms.